The molecule has 134 valence electrons. The van der Waals surface area contributed by atoms with E-state index in [1.54, 1.807) is 30.5 Å². The number of phenols is 1. The van der Waals surface area contributed by atoms with E-state index >= 15 is 0 Å². The second-order valence-corrected chi connectivity index (χ2v) is 6.18. The highest BCUT2D eigenvalue weighted by Gasteiger charge is 2.22. The molecular formula is C24H16N2O2. The fourth-order valence-corrected chi connectivity index (χ4v) is 2.98. The molecule has 1 aromatic heterocycles. The Labute approximate surface area is 162 Å². The number of hydrogen-bond donors (Lipinski definition) is 1. The van der Waals surface area contributed by atoms with Gasteiger partial charge in [0, 0.05) is 17.3 Å². The monoisotopic (exact) mass is 364 g/mol. The van der Waals surface area contributed by atoms with E-state index in [0.29, 0.717) is 11.3 Å². The first kappa shape index (κ1) is 17.3. The number of nitriles is 1. The molecule has 0 bridgehead atoms. The standard InChI is InChI=1S/C24H16N2O2/c25-15-21-22(18-7-3-1-4-8-18)23(19-9-5-2-6-10-19)28-24(21)26-16-17-11-13-20(27)14-12-17/h1-14,16,27H/b26-16+. The van der Waals surface area contributed by atoms with Crippen molar-refractivity contribution in [3.63, 3.8) is 0 Å². The number of aromatic hydroxyl groups is 1. The van der Waals surface area contributed by atoms with Gasteiger partial charge >= 0.3 is 0 Å². The van der Waals surface area contributed by atoms with Crippen LogP contribution in [0.25, 0.3) is 22.5 Å². The Morgan fingerprint density at radius 1 is 0.821 bits per heavy atom. The lowest BCUT2D eigenvalue weighted by molar-refractivity contribution is 0.475. The van der Waals surface area contributed by atoms with E-state index in [9.17, 15) is 10.4 Å². The summed E-state index contributed by atoms with van der Waals surface area (Å²) in [7, 11) is 0. The molecule has 0 fully saturated rings. The SMILES string of the molecule is N#Cc1c(/N=C/c2ccc(O)cc2)oc(-c2ccccc2)c1-c1ccccc1. The first-order valence-electron chi connectivity index (χ1n) is 8.77. The molecule has 1 heterocycles. The normalized spacial score (nSPS) is 10.8. The Morgan fingerprint density at radius 3 is 2.04 bits per heavy atom. The molecule has 0 spiro atoms. The summed E-state index contributed by atoms with van der Waals surface area (Å²) in [4.78, 5) is 4.41. The molecule has 0 aliphatic heterocycles. The second-order valence-electron chi connectivity index (χ2n) is 6.18. The number of hydrogen-bond acceptors (Lipinski definition) is 4. The van der Waals surface area contributed by atoms with Gasteiger partial charge in [-0.1, -0.05) is 60.7 Å². The van der Waals surface area contributed by atoms with Crippen molar-refractivity contribution in [3.05, 3.63) is 96.1 Å². The lowest BCUT2D eigenvalue weighted by Crippen LogP contribution is -1.83. The number of aliphatic imine (C=N–C) groups is 1. The average Bonchev–Trinajstić information content (AvgIpc) is 3.13. The third-order valence-corrected chi connectivity index (χ3v) is 4.32. The fraction of sp³-hybridized carbons (Fsp3) is 0. The number of phenolic OH excluding ortho intramolecular Hbond substituents is 1. The molecule has 0 unspecified atom stereocenters. The molecule has 0 amide bonds. The number of benzene rings is 3. The minimum absolute atomic E-state index is 0.186. The van der Waals surface area contributed by atoms with Crippen molar-refractivity contribution in [2.45, 2.75) is 0 Å². The maximum absolute atomic E-state index is 9.84. The zero-order valence-electron chi connectivity index (χ0n) is 14.9. The lowest BCUT2D eigenvalue weighted by atomic mass is 9.98. The molecule has 28 heavy (non-hydrogen) atoms. The number of furan rings is 1. The molecule has 0 saturated heterocycles. The van der Waals surface area contributed by atoms with Crippen LogP contribution in [0.5, 0.6) is 5.75 Å². The Kier molecular flexibility index (Phi) is 4.73. The maximum Gasteiger partial charge on any atom is 0.238 e. The largest absolute Gasteiger partial charge is 0.508 e. The molecule has 1 N–H and O–H groups in total. The Hall–Kier alpha value is -4.10. The van der Waals surface area contributed by atoms with Gasteiger partial charge in [-0.3, -0.25) is 0 Å². The van der Waals surface area contributed by atoms with E-state index in [2.05, 4.69) is 11.1 Å². The molecule has 0 atom stereocenters. The van der Waals surface area contributed by atoms with Crippen LogP contribution in [0, 0.1) is 11.3 Å². The number of nitrogens with zero attached hydrogens (tertiary/aromatic N) is 2. The van der Waals surface area contributed by atoms with Crippen molar-refractivity contribution in [1.82, 2.24) is 0 Å². The smallest absolute Gasteiger partial charge is 0.238 e. The van der Waals surface area contributed by atoms with E-state index in [0.717, 1.165) is 22.3 Å². The highest BCUT2D eigenvalue weighted by molar-refractivity contribution is 5.89. The van der Waals surface area contributed by atoms with E-state index in [4.69, 9.17) is 4.42 Å². The molecule has 0 saturated carbocycles. The zero-order valence-corrected chi connectivity index (χ0v) is 14.9. The summed E-state index contributed by atoms with van der Waals surface area (Å²) in [6.07, 6.45) is 1.61. The molecule has 0 aliphatic carbocycles. The Morgan fingerprint density at radius 2 is 1.43 bits per heavy atom. The maximum atomic E-state index is 9.84. The lowest BCUT2D eigenvalue weighted by Gasteiger charge is -2.03. The third kappa shape index (κ3) is 3.42. The predicted octanol–water partition coefficient (Wildman–Crippen LogP) is 5.94. The van der Waals surface area contributed by atoms with Gasteiger partial charge in [-0.25, -0.2) is 4.99 Å². The van der Waals surface area contributed by atoms with Crippen LogP contribution in [0.3, 0.4) is 0 Å². The van der Waals surface area contributed by atoms with Crippen LogP contribution in [-0.4, -0.2) is 11.3 Å². The summed E-state index contributed by atoms with van der Waals surface area (Å²) in [5.74, 6) is 1.06. The Balaban J connectivity index is 1.87. The summed E-state index contributed by atoms with van der Waals surface area (Å²) in [5, 5.41) is 19.2. The van der Waals surface area contributed by atoms with Crippen LogP contribution in [-0.2, 0) is 0 Å². The van der Waals surface area contributed by atoms with E-state index < -0.39 is 0 Å². The van der Waals surface area contributed by atoms with Gasteiger partial charge in [-0.2, -0.15) is 5.26 Å². The van der Waals surface area contributed by atoms with Crippen molar-refractivity contribution in [2.24, 2.45) is 4.99 Å². The van der Waals surface area contributed by atoms with Gasteiger partial charge in [0.2, 0.25) is 5.88 Å². The van der Waals surface area contributed by atoms with E-state index in [1.807, 2.05) is 60.7 Å². The van der Waals surface area contributed by atoms with Crippen molar-refractivity contribution < 1.29 is 9.52 Å². The molecule has 4 aromatic rings. The van der Waals surface area contributed by atoms with Crippen LogP contribution in [0.15, 0.2) is 94.3 Å². The summed E-state index contributed by atoms with van der Waals surface area (Å²) >= 11 is 0. The summed E-state index contributed by atoms with van der Waals surface area (Å²) < 4.78 is 6.05. The summed E-state index contributed by atoms with van der Waals surface area (Å²) in [6.45, 7) is 0. The van der Waals surface area contributed by atoms with Gasteiger partial charge in [0.05, 0.1) is 0 Å². The van der Waals surface area contributed by atoms with Crippen LogP contribution in [0.1, 0.15) is 11.1 Å². The van der Waals surface area contributed by atoms with Crippen LogP contribution < -0.4 is 0 Å². The van der Waals surface area contributed by atoms with Crippen molar-refractivity contribution in [2.75, 3.05) is 0 Å². The third-order valence-electron chi connectivity index (χ3n) is 4.32. The molecule has 0 aliphatic rings. The van der Waals surface area contributed by atoms with Crippen LogP contribution in [0.4, 0.5) is 5.88 Å². The molecule has 4 nitrogen and oxygen atoms in total. The topological polar surface area (TPSA) is 69.5 Å². The number of rotatable bonds is 4. The van der Waals surface area contributed by atoms with Crippen LogP contribution in [0.2, 0.25) is 0 Å². The Bertz CT molecular complexity index is 1150. The molecule has 0 radical (unpaired) electrons. The molecule has 3 aromatic carbocycles. The first-order valence-corrected chi connectivity index (χ1v) is 8.77. The molecular weight excluding hydrogens is 348 g/mol. The predicted molar refractivity (Wildman–Crippen MR) is 110 cm³/mol. The van der Waals surface area contributed by atoms with E-state index in [-0.39, 0.29) is 11.6 Å². The summed E-state index contributed by atoms with van der Waals surface area (Å²) in [6, 6.07) is 28.3. The van der Waals surface area contributed by atoms with Gasteiger partial charge in [0.1, 0.15) is 23.1 Å². The van der Waals surface area contributed by atoms with Gasteiger partial charge in [-0.15, -0.1) is 0 Å². The van der Waals surface area contributed by atoms with Gasteiger partial charge < -0.3 is 9.52 Å². The minimum atomic E-state index is 0.186. The fourth-order valence-electron chi connectivity index (χ4n) is 2.98. The van der Waals surface area contributed by atoms with Crippen LogP contribution >= 0.6 is 0 Å². The molecule has 4 heteroatoms. The van der Waals surface area contributed by atoms with Gasteiger partial charge in [-0.05, 0) is 35.4 Å². The van der Waals surface area contributed by atoms with Gasteiger partial charge in [0.25, 0.3) is 0 Å². The summed E-state index contributed by atoms with van der Waals surface area (Å²) in [5.41, 5.74) is 3.68. The average molecular weight is 364 g/mol. The molecule has 4 rings (SSSR count). The highest BCUT2D eigenvalue weighted by Crippen LogP contribution is 2.42. The van der Waals surface area contributed by atoms with Gasteiger partial charge in [0.15, 0.2) is 0 Å². The van der Waals surface area contributed by atoms with Crippen molar-refractivity contribution in [3.8, 4) is 34.3 Å². The highest BCUT2D eigenvalue weighted by atomic mass is 16.4. The minimum Gasteiger partial charge on any atom is -0.508 e. The quantitative estimate of drug-likeness (QED) is 0.455. The van der Waals surface area contributed by atoms with Crippen molar-refractivity contribution in [1.29, 1.82) is 5.26 Å². The van der Waals surface area contributed by atoms with Crippen molar-refractivity contribution >= 4 is 12.1 Å². The zero-order chi connectivity index (χ0) is 19.3. The second kappa shape index (κ2) is 7.65. The van der Waals surface area contributed by atoms with E-state index in [1.165, 1.54) is 0 Å². The first-order chi connectivity index (χ1) is 13.8.